The summed E-state index contributed by atoms with van der Waals surface area (Å²) in [7, 11) is -2.46. The van der Waals surface area contributed by atoms with Crippen LogP contribution in [0.5, 0.6) is 11.5 Å². The van der Waals surface area contributed by atoms with Crippen molar-refractivity contribution in [2.24, 2.45) is 0 Å². The Morgan fingerprint density at radius 1 is 0.971 bits per heavy atom. The van der Waals surface area contributed by atoms with E-state index in [-0.39, 0.29) is 23.2 Å². The average Bonchev–Trinajstić information content (AvgIpc) is 3.20. The van der Waals surface area contributed by atoms with E-state index in [0.717, 1.165) is 29.3 Å². The zero-order valence-corrected chi connectivity index (χ0v) is 20.1. The molecule has 2 aliphatic heterocycles. The van der Waals surface area contributed by atoms with Gasteiger partial charge in [-0.1, -0.05) is 12.1 Å². The topological polar surface area (TPSA) is 79.4 Å². The number of amides is 1. The molecule has 8 nitrogen and oxygen atoms in total. The lowest BCUT2D eigenvalue weighted by Crippen LogP contribution is -2.42. The summed E-state index contributed by atoms with van der Waals surface area (Å²) in [5.74, 6) is 0.420. The minimum absolute atomic E-state index is 0.0633. The van der Waals surface area contributed by atoms with Gasteiger partial charge in [-0.3, -0.25) is 9.69 Å². The maximum Gasteiger partial charge on any atom is 0.243 e. The fraction of sp³-hybridized carbons (Fsp3) is 0.458. The van der Waals surface area contributed by atoms with E-state index in [4.69, 9.17) is 9.47 Å². The van der Waals surface area contributed by atoms with Crippen molar-refractivity contribution in [1.29, 1.82) is 0 Å². The summed E-state index contributed by atoms with van der Waals surface area (Å²) >= 11 is 0. The van der Waals surface area contributed by atoms with Crippen LogP contribution in [0, 0.1) is 5.82 Å². The van der Waals surface area contributed by atoms with E-state index in [1.165, 1.54) is 31.3 Å². The SMILES string of the molecule is CN(CC(=O)N1CCCN(Cc2ccc(F)cc2)CC1)S(=O)(=O)c1ccc2c(c1)OCCCO2. The van der Waals surface area contributed by atoms with Crippen LogP contribution >= 0.6 is 0 Å². The van der Waals surface area contributed by atoms with Crippen LogP contribution in [0.25, 0.3) is 0 Å². The summed E-state index contributed by atoms with van der Waals surface area (Å²) in [6.45, 7) is 3.97. The lowest BCUT2D eigenvalue weighted by Gasteiger charge is -2.24. The second kappa shape index (κ2) is 10.7. The van der Waals surface area contributed by atoms with Crippen LogP contribution in [-0.4, -0.2) is 81.4 Å². The van der Waals surface area contributed by atoms with Crippen molar-refractivity contribution in [3.05, 3.63) is 53.8 Å². The van der Waals surface area contributed by atoms with Crippen LogP contribution in [0.1, 0.15) is 18.4 Å². The number of nitrogens with zero attached hydrogens (tertiary/aromatic N) is 3. The largest absolute Gasteiger partial charge is 0.490 e. The molecule has 0 bridgehead atoms. The molecule has 34 heavy (non-hydrogen) atoms. The first-order chi connectivity index (χ1) is 16.3. The van der Waals surface area contributed by atoms with Crippen molar-refractivity contribution in [1.82, 2.24) is 14.1 Å². The Labute approximate surface area is 199 Å². The summed E-state index contributed by atoms with van der Waals surface area (Å²) < 4.78 is 51.6. The molecule has 1 amide bonds. The molecule has 0 N–H and O–H groups in total. The fourth-order valence-electron chi connectivity index (χ4n) is 4.09. The van der Waals surface area contributed by atoms with Gasteiger partial charge >= 0.3 is 0 Å². The van der Waals surface area contributed by atoms with Gasteiger partial charge in [-0.2, -0.15) is 4.31 Å². The maximum absolute atomic E-state index is 13.1. The molecule has 0 radical (unpaired) electrons. The zero-order valence-electron chi connectivity index (χ0n) is 19.3. The van der Waals surface area contributed by atoms with E-state index in [0.29, 0.717) is 50.9 Å². The van der Waals surface area contributed by atoms with E-state index in [1.54, 1.807) is 23.1 Å². The van der Waals surface area contributed by atoms with Gasteiger partial charge < -0.3 is 14.4 Å². The van der Waals surface area contributed by atoms with E-state index in [1.807, 2.05) is 0 Å². The Morgan fingerprint density at radius 2 is 1.71 bits per heavy atom. The van der Waals surface area contributed by atoms with Crippen molar-refractivity contribution in [3.63, 3.8) is 0 Å². The Hall–Kier alpha value is -2.69. The molecule has 0 spiro atoms. The van der Waals surface area contributed by atoms with Gasteiger partial charge in [0.1, 0.15) is 5.82 Å². The lowest BCUT2D eigenvalue weighted by molar-refractivity contribution is -0.131. The number of likely N-dealkylation sites (N-methyl/N-ethyl adjacent to an activating group) is 1. The van der Waals surface area contributed by atoms with Gasteiger partial charge in [-0.15, -0.1) is 0 Å². The number of hydrogen-bond acceptors (Lipinski definition) is 6. The van der Waals surface area contributed by atoms with Crippen LogP contribution in [0.15, 0.2) is 47.4 Å². The highest BCUT2D eigenvalue weighted by Crippen LogP contribution is 2.32. The number of sulfonamides is 1. The number of rotatable bonds is 6. The van der Waals surface area contributed by atoms with Crippen LogP contribution < -0.4 is 9.47 Å². The van der Waals surface area contributed by atoms with Gasteiger partial charge in [0.25, 0.3) is 0 Å². The van der Waals surface area contributed by atoms with E-state index >= 15 is 0 Å². The van der Waals surface area contributed by atoms with Crippen molar-refractivity contribution >= 4 is 15.9 Å². The number of halogens is 1. The zero-order chi connectivity index (χ0) is 24.1. The summed E-state index contributed by atoms with van der Waals surface area (Å²) in [5, 5.41) is 0. The average molecular weight is 492 g/mol. The molecule has 0 atom stereocenters. The Kier molecular flexibility index (Phi) is 7.70. The third-order valence-electron chi connectivity index (χ3n) is 6.05. The smallest absolute Gasteiger partial charge is 0.243 e. The molecular formula is C24H30FN3O5S. The quantitative estimate of drug-likeness (QED) is 0.617. The van der Waals surface area contributed by atoms with Gasteiger partial charge in [0.05, 0.1) is 24.7 Å². The molecule has 0 aliphatic carbocycles. The number of fused-ring (bicyclic) bond motifs is 1. The summed E-state index contributed by atoms with van der Waals surface area (Å²) in [6.07, 6.45) is 1.51. The Balaban J connectivity index is 1.35. The Morgan fingerprint density at radius 3 is 2.47 bits per heavy atom. The highest BCUT2D eigenvalue weighted by Gasteiger charge is 2.27. The van der Waals surface area contributed by atoms with E-state index in [9.17, 15) is 17.6 Å². The fourth-order valence-corrected chi connectivity index (χ4v) is 5.22. The second-order valence-electron chi connectivity index (χ2n) is 8.56. The van der Waals surface area contributed by atoms with Crippen LogP contribution in [0.3, 0.4) is 0 Å². The number of carbonyl (C=O) groups is 1. The molecule has 4 rings (SSSR count). The lowest BCUT2D eigenvalue weighted by atomic mass is 10.2. The standard InChI is InChI=1S/C24H30FN3O5S/c1-26(34(30,31)21-8-9-22-23(16-21)33-15-3-14-32-22)18-24(29)28-11-2-10-27(12-13-28)17-19-4-6-20(25)7-5-19/h4-9,16H,2-3,10-15,17-18H2,1H3. The molecule has 0 aromatic heterocycles. The van der Waals surface area contributed by atoms with Gasteiger partial charge in [0.2, 0.25) is 15.9 Å². The van der Waals surface area contributed by atoms with Crippen molar-refractivity contribution in [2.75, 3.05) is 53.0 Å². The first-order valence-corrected chi connectivity index (χ1v) is 12.9. The molecule has 184 valence electrons. The predicted octanol–water partition coefficient (Wildman–Crippen LogP) is 2.34. The highest BCUT2D eigenvalue weighted by molar-refractivity contribution is 7.89. The molecule has 0 unspecified atom stereocenters. The number of hydrogen-bond donors (Lipinski definition) is 0. The molecule has 1 saturated heterocycles. The van der Waals surface area contributed by atoms with Gasteiger partial charge in [0.15, 0.2) is 11.5 Å². The second-order valence-corrected chi connectivity index (χ2v) is 10.6. The third-order valence-corrected chi connectivity index (χ3v) is 7.85. The molecule has 10 heteroatoms. The van der Waals surface area contributed by atoms with Crippen molar-refractivity contribution < 1.29 is 27.1 Å². The molecule has 1 fully saturated rings. The number of carbonyl (C=O) groups excluding carboxylic acids is 1. The van der Waals surface area contributed by atoms with Gasteiger partial charge in [-0.05, 0) is 36.2 Å². The van der Waals surface area contributed by atoms with Crippen LogP contribution in [0.2, 0.25) is 0 Å². The van der Waals surface area contributed by atoms with Gasteiger partial charge in [-0.25, -0.2) is 12.8 Å². The molecule has 2 aromatic rings. The monoisotopic (exact) mass is 491 g/mol. The molecule has 2 aliphatic rings. The first-order valence-electron chi connectivity index (χ1n) is 11.4. The maximum atomic E-state index is 13.1. The van der Waals surface area contributed by atoms with Gasteiger partial charge in [0, 0.05) is 52.3 Å². The third kappa shape index (κ3) is 5.86. The number of ether oxygens (including phenoxy) is 2. The Bertz CT molecular complexity index is 1110. The minimum Gasteiger partial charge on any atom is -0.490 e. The molecule has 2 heterocycles. The van der Waals surface area contributed by atoms with Crippen LogP contribution in [-0.2, 0) is 21.4 Å². The normalized spacial score (nSPS) is 17.3. The van der Waals surface area contributed by atoms with Crippen LogP contribution in [0.4, 0.5) is 4.39 Å². The van der Waals surface area contributed by atoms with E-state index < -0.39 is 10.0 Å². The number of benzene rings is 2. The van der Waals surface area contributed by atoms with E-state index in [2.05, 4.69) is 4.90 Å². The molecule has 0 saturated carbocycles. The minimum atomic E-state index is -3.87. The molecule has 2 aromatic carbocycles. The highest BCUT2D eigenvalue weighted by atomic mass is 32.2. The van der Waals surface area contributed by atoms with Crippen molar-refractivity contribution in [2.45, 2.75) is 24.3 Å². The first kappa shape index (κ1) is 24.4. The summed E-state index contributed by atoms with van der Waals surface area (Å²) in [4.78, 5) is 16.9. The van der Waals surface area contributed by atoms with Crippen molar-refractivity contribution in [3.8, 4) is 11.5 Å². The summed E-state index contributed by atoms with van der Waals surface area (Å²) in [5.41, 5.74) is 1.02. The summed E-state index contributed by atoms with van der Waals surface area (Å²) in [6, 6.07) is 10.9. The predicted molar refractivity (Wildman–Crippen MR) is 125 cm³/mol. The molecular weight excluding hydrogens is 461 g/mol.